The number of hydrogen-bond donors (Lipinski definition) is 0. The zero-order valence-electron chi connectivity index (χ0n) is 8.65. The standard InChI is InChI=1S/C11H9BrClF3O/c12-9-6-7(13)3-4-8(9)10(17)2-1-5-11(14,15)16/h3-4,6H,1-2,5H2. The Morgan fingerprint density at radius 2 is 2.00 bits per heavy atom. The van der Waals surface area contributed by atoms with Crippen molar-refractivity contribution in [2.75, 3.05) is 0 Å². The molecule has 6 heteroatoms. The maximum Gasteiger partial charge on any atom is 0.389 e. The molecule has 0 saturated carbocycles. The molecular weight excluding hydrogens is 320 g/mol. The topological polar surface area (TPSA) is 17.1 Å². The van der Waals surface area contributed by atoms with Crippen LogP contribution in [0.5, 0.6) is 0 Å². The molecule has 0 amide bonds. The SMILES string of the molecule is O=C(CCCC(F)(F)F)c1ccc(Cl)cc1Br. The largest absolute Gasteiger partial charge is 0.389 e. The van der Waals surface area contributed by atoms with Gasteiger partial charge in [-0.05, 0) is 40.5 Å². The predicted octanol–water partition coefficient (Wildman–Crippen LogP) is 5.02. The van der Waals surface area contributed by atoms with Gasteiger partial charge in [0.2, 0.25) is 0 Å². The second-order valence-electron chi connectivity index (χ2n) is 3.52. The molecule has 1 nitrogen and oxygen atoms in total. The van der Waals surface area contributed by atoms with Crippen LogP contribution in [0.1, 0.15) is 29.6 Å². The molecule has 0 aliphatic rings. The first kappa shape index (κ1) is 14.5. The number of alkyl halides is 3. The Balaban J connectivity index is 2.59. The van der Waals surface area contributed by atoms with Crippen molar-refractivity contribution >= 4 is 33.3 Å². The van der Waals surface area contributed by atoms with E-state index in [1.165, 1.54) is 12.1 Å². The van der Waals surface area contributed by atoms with E-state index in [0.717, 1.165) is 0 Å². The van der Waals surface area contributed by atoms with Crippen LogP contribution in [-0.2, 0) is 0 Å². The van der Waals surface area contributed by atoms with Gasteiger partial charge < -0.3 is 0 Å². The van der Waals surface area contributed by atoms with Crippen LogP contribution in [0.4, 0.5) is 13.2 Å². The fraction of sp³-hybridized carbons (Fsp3) is 0.364. The lowest BCUT2D eigenvalue weighted by Crippen LogP contribution is -2.08. The molecular formula is C11H9BrClF3O. The van der Waals surface area contributed by atoms with E-state index in [4.69, 9.17) is 11.6 Å². The number of carbonyl (C=O) groups is 1. The maximum atomic E-state index is 11.9. The van der Waals surface area contributed by atoms with Gasteiger partial charge in [0.05, 0.1) is 0 Å². The minimum Gasteiger partial charge on any atom is -0.294 e. The Morgan fingerprint density at radius 1 is 1.35 bits per heavy atom. The molecule has 1 aromatic carbocycles. The molecule has 1 rings (SSSR count). The lowest BCUT2D eigenvalue weighted by Gasteiger charge is -2.06. The lowest BCUT2D eigenvalue weighted by molar-refractivity contribution is -0.135. The van der Waals surface area contributed by atoms with E-state index < -0.39 is 12.6 Å². The number of hydrogen-bond acceptors (Lipinski definition) is 1. The summed E-state index contributed by atoms with van der Waals surface area (Å²) in [4.78, 5) is 11.6. The fourth-order valence-electron chi connectivity index (χ4n) is 1.30. The molecule has 0 heterocycles. The van der Waals surface area contributed by atoms with Crippen LogP contribution in [0.3, 0.4) is 0 Å². The van der Waals surface area contributed by atoms with Crippen molar-refractivity contribution in [1.82, 2.24) is 0 Å². The molecule has 0 bridgehead atoms. The Hall–Kier alpha value is -0.550. The highest BCUT2D eigenvalue weighted by molar-refractivity contribution is 9.10. The molecule has 0 spiro atoms. The smallest absolute Gasteiger partial charge is 0.294 e. The van der Waals surface area contributed by atoms with Gasteiger partial charge >= 0.3 is 6.18 Å². The van der Waals surface area contributed by atoms with Gasteiger partial charge in [-0.1, -0.05) is 11.6 Å². The minimum atomic E-state index is -4.21. The van der Waals surface area contributed by atoms with Gasteiger partial charge in [0, 0.05) is 27.9 Å². The summed E-state index contributed by atoms with van der Waals surface area (Å²) < 4.78 is 36.2. The number of Topliss-reactive ketones (excluding diaryl/α,β-unsaturated/α-hetero) is 1. The van der Waals surface area contributed by atoms with Crippen LogP contribution in [0.25, 0.3) is 0 Å². The second kappa shape index (κ2) is 5.87. The first-order chi connectivity index (χ1) is 7.79. The third-order valence-electron chi connectivity index (χ3n) is 2.10. The van der Waals surface area contributed by atoms with Gasteiger partial charge in [-0.3, -0.25) is 4.79 Å². The minimum absolute atomic E-state index is 0.125. The Morgan fingerprint density at radius 3 is 2.53 bits per heavy atom. The molecule has 0 N–H and O–H groups in total. The molecule has 0 aromatic heterocycles. The number of benzene rings is 1. The Labute approximate surface area is 110 Å². The van der Waals surface area contributed by atoms with Crippen molar-refractivity contribution in [2.45, 2.75) is 25.4 Å². The average Bonchev–Trinajstić information content (AvgIpc) is 2.15. The number of carbonyl (C=O) groups excluding carboxylic acids is 1. The number of rotatable bonds is 4. The molecule has 0 unspecified atom stereocenters. The molecule has 0 saturated heterocycles. The van der Waals surface area contributed by atoms with Crippen LogP contribution in [0.15, 0.2) is 22.7 Å². The first-order valence-corrected chi connectivity index (χ1v) is 6.02. The van der Waals surface area contributed by atoms with Crippen LogP contribution in [0, 0.1) is 0 Å². The van der Waals surface area contributed by atoms with Crippen LogP contribution >= 0.6 is 27.5 Å². The predicted molar refractivity (Wildman–Crippen MR) is 63.4 cm³/mol. The van der Waals surface area contributed by atoms with E-state index in [9.17, 15) is 18.0 Å². The molecule has 0 atom stereocenters. The van der Waals surface area contributed by atoms with Crippen molar-refractivity contribution in [3.8, 4) is 0 Å². The first-order valence-electron chi connectivity index (χ1n) is 4.84. The van der Waals surface area contributed by atoms with Crippen molar-refractivity contribution in [3.63, 3.8) is 0 Å². The molecule has 1 aromatic rings. The second-order valence-corrected chi connectivity index (χ2v) is 4.81. The Bertz CT molecular complexity index is 418. The third kappa shape index (κ3) is 5.08. The zero-order chi connectivity index (χ0) is 13.1. The quantitative estimate of drug-likeness (QED) is 0.709. The van der Waals surface area contributed by atoms with Gasteiger partial charge in [0.1, 0.15) is 0 Å². The Kier molecular flexibility index (Phi) is 5.01. The summed E-state index contributed by atoms with van der Waals surface area (Å²) in [5, 5.41) is 0.462. The van der Waals surface area contributed by atoms with Gasteiger partial charge in [-0.2, -0.15) is 13.2 Å². The third-order valence-corrected chi connectivity index (χ3v) is 2.99. The van der Waals surface area contributed by atoms with E-state index in [1.807, 2.05) is 0 Å². The highest BCUT2D eigenvalue weighted by Crippen LogP contribution is 2.25. The van der Waals surface area contributed by atoms with Crippen molar-refractivity contribution in [1.29, 1.82) is 0 Å². The summed E-state index contributed by atoms with van der Waals surface area (Å²) in [6, 6.07) is 4.57. The van der Waals surface area contributed by atoms with Crippen molar-refractivity contribution < 1.29 is 18.0 Å². The summed E-state index contributed by atoms with van der Waals surface area (Å²) in [6.45, 7) is 0. The van der Waals surface area contributed by atoms with Crippen LogP contribution in [0.2, 0.25) is 5.02 Å². The average molecular weight is 330 g/mol. The van der Waals surface area contributed by atoms with Crippen LogP contribution < -0.4 is 0 Å². The lowest BCUT2D eigenvalue weighted by atomic mass is 10.1. The summed E-state index contributed by atoms with van der Waals surface area (Å²) in [7, 11) is 0. The maximum absolute atomic E-state index is 11.9. The van der Waals surface area contributed by atoms with E-state index in [2.05, 4.69) is 15.9 Å². The molecule has 0 fully saturated rings. The van der Waals surface area contributed by atoms with Gasteiger partial charge in [0.25, 0.3) is 0 Å². The highest BCUT2D eigenvalue weighted by atomic mass is 79.9. The van der Waals surface area contributed by atoms with Gasteiger partial charge in [-0.15, -0.1) is 0 Å². The summed E-state index contributed by atoms with van der Waals surface area (Å²) in [5.74, 6) is -0.321. The summed E-state index contributed by atoms with van der Waals surface area (Å²) in [6.07, 6.45) is -5.47. The molecule has 17 heavy (non-hydrogen) atoms. The van der Waals surface area contributed by atoms with E-state index in [1.54, 1.807) is 6.07 Å². The highest BCUT2D eigenvalue weighted by Gasteiger charge is 2.26. The van der Waals surface area contributed by atoms with E-state index >= 15 is 0 Å². The van der Waals surface area contributed by atoms with Gasteiger partial charge in [0.15, 0.2) is 5.78 Å². The van der Waals surface area contributed by atoms with Crippen LogP contribution in [-0.4, -0.2) is 12.0 Å². The summed E-state index contributed by atoms with van der Waals surface area (Å²) >= 11 is 8.85. The molecule has 0 aliphatic heterocycles. The van der Waals surface area contributed by atoms with Gasteiger partial charge in [-0.25, -0.2) is 0 Å². The molecule has 0 aliphatic carbocycles. The number of halogens is 5. The summed E-state index contributed by atoms with van der Waals surface area (Å²) in [5.41, 5.74) is 0.358. The molecule has 94 valence electrons. The van der Waals surface area contributed by atoms with Crippen molar-refractivity contribution in [3.05, 3.63) is 33.3 Å². The zero-order valence-corrected chi connectivity index (χ0v) is 11.0. The van der Waals surface area contributed by atoms with E-state index in [0.29, 0.717) is 15.1 Å². The fourth-order valence-corrected chi connectivity index (χ4v) is 2.20. The van der Waals surface area contributed by atoms with Crippen molar-refractivity contribution in [2.24, 2.45) is 0 Å². The monoisotopic (exact) mass is 328 g/mol. The molecule has 0 radical (unpaired) electrons. The number of ketones is 1. The normalized spacial score (nSPS) is 11.6. The van der Waals surface area contributed by atoms with E-state index in [-0.39, 0.29) is 18.6 Å².